The average Bonchev–Trinajstić information content (AvgIpc) is 3.09. The third-order valence-electron chi connectivity index (χ3n) is 10.8. The Labute approximate surface area is 194 Å². The van der Waals surface area contributed by atoms with E-state index >= 15 is 0 Å². The molecule has 32 heavy (non-hydrogen) atoms. The summed E-state index contributed by atoms with van der Waals surface area (Å²) in [6.45, 7) is 8.78. The number of methoxy groups -OCH3 is 1. The maximum atomic E-state index is 11.7. The first kappa shape index (κ1) is 24.0. The largest absolute Gasteiger partial charge is 0.469 e. The molecule has 0 bridgehead atoms. The predicted octanol–water partition coefficient (Wildman–Crippen LogP) is 5.14. The van der Waals surface area contributed by atoms with Crippen molar-refractivity contribution in [1.29, 1.82) is 0 Å². The summed E-state index contributed by atoms with van der Waals surface area (Å²) in [6.07, 6.45) is 9.85. The Bertz CT molecular complexity index is 721. The van der Waals surface area contributed by atoms with Crippen molar-refractivity contribution < 1.29 is 24.2 Å². The molecule has 5 nitrogen and oxygen atoms in total. The van der Waals surface area contributed by atoms with Gasteiger partial charge in [-0.15, -0.1) is 0 Å². The van der Waals surface area contributed by atoms with E-state index in [1.807, 2.05) is 0 Å². The Morgan fingerprint density at radius 3 is 2.41 bits per heavy atom. The first-order valence-electron chi connectivity index (χ1n) is 13.0. The predicted molar refractivity (Wildman–Crippen MR) is 123 cm³/mol. The van der Waals surface area contributed by atoms with Crippen molar-refractivity contribution in [2.24, 2.45) is 46.3 Å². The highest BCUT2D eigenvalue weighted by Gasteiger charge is 2.63. The van der Waals surface area contributed by atoms with Gasteiger partial charge in [0.1, 0.15) is 6.10 Å². The molecule has 4 aliphatic carbocycles. The van der Waals surface area contributed by atoms with E-state index < -0.39 is 0 Å². The van der Waals surface area contributed by atoms with Gasteiger partial charge in [0.15, 0.2) is 0 Å². The minimum atomic E-state index is -0.247. The summed E-state index contributed by atoms with van der Waals surface area (Å²) in [5.41, 5.74) is 0.506. The number of fused-ring (bicyclic) bond motifs is 5. The Balaban J connectivity index is 1.49. The monoisotopic (exact) mass is 448 g/mol. The maximum Gasteiger partial charge on any atom is 0.305 e. The standard InChI is InChI=1S/C27H44O5/c1-16(6-9-24(30)31-5)20-7-8-21-25-22(11-13-27(20,21)4)26(3)12-10-19(32-17(2)28)14-18(26)15-23(25)29/h16,18-23,25,29H,6-15H2,1-5H3/t16-,18?,19-,20?,21+,22+,23-,25?,26?,27?/m1/s1. The summed E-state index contributed by atoms with van der Waals surface area (Å²) in [7, 11) is 1.47. The molecule has 0 heterocycles. The molecule has 5 heteroatoms. The molecule has 0 aromatic rings. The highest BCUT2D eigenvalue weighted by Crippen LogP contribution is 2.68. The summed E-state index contributed by atoms with van der Waals surface area (Å²) < 4.78 is 10.4. The molecular formula is C27H44O5. The van der Waals surface area contributed by atoms with Crippen LogP contribution in [0.4, 0.5) is 0 Å². The fourth-order valence-electron chi connectivity index (χ4n) is 9.15. The molecule has 0 aliphatic heterocycles. The second-order valence-electron chi connectivity index (χ2n) is 12.1. The van der Waals surface area contributed by atoms with E-state index in [9.17, 15) is 14.7 Å². The number of esters is 2. The molecule has 0 saturated heterocycles. The van der Waals surface area contributed by atoms with Gasteiger partial charge in [-0.2, -0.15) is 0 Å². The second kappa shape index (κ2) is 8.92. The molecule has 0 amide bonds. The molecule has 4 rings (SSSR count). The Morgan fingerprint density at radius 2 is 1.72 bits per heavy atom. The van der Waals surface area contributed by atoms with E-state index in [1.165, 1.54) is 39.7 Å². The zero-order valence-corrected chi connectivity index (χ0v) is 20.8. The number of ether oxygens (including phenoxy) is 2. The molecule has 0 aromatic heterocycles. The van der Waals surface area contributed by atoms with Crippen molar-refractivity contribution in [2.45, 2.75) is 104 Å². The molecule has 4 aliphatic rings. The molecule has 0 spiro atoms. The van der Waals surface area contributed by atoms with Crippen LogP contribution in [0.25, 0.3) is 0 Å². The summed E-state index contributed by atoms with van der Waals surface area (Å²) in [5, 5.41) is 11.5. The van der Waals surface area contributed by atoms with Gasteiger partial charge in [-0.05, 0) is 104 Å². The van der Waals surface area contributed by atoms with Gasteiger partial charge in [-0.1, -0.05) is 20.8 Å². The number of hydrogen-bond donors (Lipinski definition) is 1. The van der Waals surface area contributed by atoms with Gasteiger partial charge in [0.25, 0.3) is 0 Å². The fraction of sp³-hybridized carbons (Fsp3) is 0.926. The SMILES string of the molecule is COC(=O)CC[C@@H](C)C1CC[C@H]2C3[C@H](O)CC4C[C@H](OC(C)=O)CCC4(C)[C@H]3CCC12C. The quantitative estimate of drug-likeness (QED) is 0.590. The number of carbonyl (C=O) groups excluding carboxylic acids is 2. The normalized spacial score (nSPS) is 46.4. The van der Waals surface area contributed by atoms with Gasteiger partial charge in [-0.3, -0.25) is 9.59 Å². The van der Waals surface area contributed by atoms with Crippen LogP contribution in [0, 0.1) is 46.3 Å². The number of aliphatic hydroxyl groups is 1. The molecule has 4 fully saturated rings. The lowest BCUT2D eigenvalue weighted by atomic mass is 9.43. The lowest BCUT2D eigenvalue weighted by Gasteiger charge is -2.62. The van der Waals surface area contributed by atoms with Crippen LogP contribution in [0.3, 0.4) is 0 Å². The Morgan fingerprint density at radius 1 is 1.03 bits per heavy atom. The summed E-state index contributed by atoms with van der Waals surface area (Å²) >= 11 is 0. The highest BCUT2D eigenvalue weighted by atomic mass is 16.5. The third-order valence-corrected chi connectivity index (χ3v) is 10.8. The van der Waals surface area contributed by atoms with Crippen molar-refractivity contribution in [1.82, 2.24) is 0 Å². The van der Waals surface area contributed by atoms with Crippen LogP contribution in [0.15, 0.2) is 0 Å². The second-order valence-corrected chi connectivity index (χ2v) is 12.1. The fourth-order valence-corrected chi connectivity index (χ4v) is 9.15. The van der Waals surface area contributed by atoms with Gasteiger partial charge < -0.3 is 14.6 Å². The molecule has 0 aromatic carbocycles. The van der Waals surface area contributed by atoms with E-state index in [4.69, 9.17) is 9.47 Å². The summed E-state index contributed by atoms with van der Waals surface area (Å²) in [4.78, 5) is 23.2. The van der Waals surface area contributed by atoms with Crippen LogP contribution in [0.5, 0.6) is 0 Å². The Kier molecular flexibility index (Phi) is 6.70. The first-order valence-corrected chi connectivity index (χ1v) is 13.0. The third kappa shape index (κ3) is 4.01. The van der Waals surface area contributed by atoms with E-state index in [1.54, 1.807) is 0 Å². The topological polar surface area (TPSA) is 72.8 Å². The zero-order valence-electron chi connectivity index (χ0n) is 20.8. The lowest BCUT2D eigenvalue weighted by Crippen LogP contribution is -2.58. The number of hydrogen-bond acceptors (Lipinski definition) is 5. The van der Waals surface area contributed by atoms with Crippen molar-refractivity contribution in [3.8, 4) is 0 Å². The van der Waals surface area contributed by atoms with Crippen LogP contribution >= 0.6 is 0 Å². The maximum absolute atomic E-state index is 11.7. The molecule has 0 radical (unpaired) electrons. The minimum absolute atomic E-state index is 0.0229. The number of carbonyl (C=O) groups is 2. The van der Waals surface area contributed by atoms with Gasteiger partial charge in [0, 0.05) is 13.3 Å². The van der Waals surface area contributed by atoms with Crippen LogP contribution < -0.4 is 0 Å². The Hall–Kier alpha value is -1.10. The van der Waals surface area contributed by atoms with Crippen molar-refractivity contribution in [2.75, 3.05) is 7.11 Å². The van der Waals surface area contributed by atoms with Crippen molar-refractivity contribution in [3.05, 3.63) is 0 Å². The minimum Gasteiger partial charge on any atom is -0.469 e. The van der Waals surface area contributed by atoms with Gasteiger partial charge in [0.05, 0.1) is 13.2 Å². The lowest BCUT2D eigenvalue weighted by molar-refractivity contribution is -0.182. The van der Waals surface area contributed by atoms with Crippen molar-refractivity contribution >= 4 is 11.9 Å². The molecular weight excluding hydrogens is 404 g/mol. The van der Waals surface area contributed by atoms with Gasteiger partial charge in [0.2, 0.25) is 0 Å². The molecule has 10 atom stereocenters. The van der Waals surface area contributed by atoms with E-state index in [2.05, 4.69) is 20.8 Å². The summed E-state index contributed by atoms with van der Waals surface area (Å²) in [5.74, 6) is 2.81. The van der Waals surface area contributed by atoms with E-state index in [-0.39, 0.29) is 35.0 Å². The van der Waals surface area contributed by atoms with Gasteiger partial charge in [-0.25, -0.2) is 0 Å². The van der Waals surface area contributed by atoms with E-state index in [0.717, 1.165) is 32.1 Å². The highest BCUT2D eigenvalue weighted by molar-refractivity contribution is 5.69. The molecule has 5 unspecified atom stereocenters. The van der Waals surface area contributed by atoms with Crippen LogP contribution in [0.2, 0.25) is 0 Å². The molecule has 4 saturated carbocycles. The van der Waals surface area contributed by atoms with Crippen LogP contribution in [-0.4, -0.2) is 36.4 Å². The zero-order chi connectivity index (χ0) is 23.3. The number of rotatable bonds is 5. The first-order chi connectivity index (χ1) is 15.1. The van der Waals surface area contributed by atoms with E-state index in [0.29, 0.717) is 41.9 Å². The number of aliphatic hydroxyl groups excluding tert-OH is 1. The van der Waals surface area contributed by atoms with Crippen molar-refractivity contribution in [3.63, 3.8) is 0 Å². The summed E-state index contributed by atoms with van der Waals surface area (Å²) in [6, 6.07) is 0. The smallest absolute Gasteiger partial charge is 0.305 e. The van der Waals surface area contributed by atoms with Crippen LogP contribution in [0.1, 0.15) is 91.9 Å². The van der Waals surface area contributed by atoms with Gasteiger partial charge >= 0.3 is 11.9 Å². The molecule has 1 N–H and O–H groups in total. The van der Waals surface area contributed by atoms with Crippen LogP contribution in [-0.2, 0) is 19.1 Å². The molecule has 182 valence electrons. The average molecular weight is 449 g/mol.